The average Bonchev–Trinajstić information content (AvgIpc) is 3.11. The van der Waals surface area contributed by atoms with Crippen LogP contribution in [0.5, 0.6) is 5.75 Å². The monoisotopic (exact) mass is 357 g/mol. The highest BCUT2D eigenvalue weighted by atomic mass is 16.5. The first-order valence-corrected chi connectivity index (χ1v) is 8.69. The van der Waals surface area contributed by atoms with Crippen LogP contribution in [-0.2, 0) is 4.74 Å². The van der Waals surface area contributed by atoms with Gasteiger partial charge < -0.3 is 19.5 Å². The number of carbonyl (C=O) groups is 1. The van der Waals surface area contributed by atoms with E-state index in [1.165, 1.54) is 0 Å². The van der Waals surface area contributed by atoms with Crippen molar-refractivity contribution in [2.45, 2.75) is 13.3 Å². The number of rotatable bonds is 7. The number of carboxylic acids is 1. The maximum absolute atomic E-state index is 11.5. The van der Waals surface area contributed by atoms with Crippen LogP contribution in [0.15, 0.2) is 30.5 Å². The lowest BCUT2D eigenvalue weighted by Gasteiger charge is -2.17. The van der Waals surface area contributed by atoms with E-state index in [1.54, 1.807) is 31.5 Å². The van der Waals surface area contributed by atoms with Gasteiger partial charge in [-0.2, -0.15) is 0 Å². The summed E-state index contributed by atoms with van der Waals surface area (Å²) in [7, 11) is 1.71. The molecule has 1 atom stereocenters. The molecular weight excluding hydrogens is 334 g/mol. The van der Waals surface area contributed by atoms with Crippen molar-refractivity contribution < 1.29 is 19.4 Å². The largest absolute Gasteiger partial charge is 0.493 e. The molecule has 7 heteroatoms. The Balaban J connectivity index is 1.86. The first-order valence-electron chi connectivity index (χ1n) is 8.69. The highest BCUT2D eigenvalue weighted by Gasteiger charge is 2.24. The molecule has 1 fully saturated rings. The van der Waals surface area contributed by atoms with E-state index in [1.807, 2.05) is 13.0 Å². The van der Waals surface area contributed by atoms with Crippen LogP contribution in [0.3, 0.4) is 0 Å². The summed E-state index contributed by atoms with van der Waals surface area (Å²) in [4.78, 5) is 22.7. The minimum atomic E-state index is -1.02. The fourth-order valence-corrected chi connectivity index (χ4v) is 3.19. The molecule has 1 aromatic heterocycles. The molecule has 2 aromatic rings. The Kier molecular flexibility index (Phi) is 5.68. The van der Waals surface area contributed by atoms with E-state index in [2.05, 4.69) is 14.9 Å². The Morgan fingerprint density at radius 2 is 2.23 bits per heavy atom. The van der Waals surface area contributed by atoms with Gasteiger partial charge >= 0.3 is 5.97 Å². The molecule has 0 unspecified atom stereocenters. The van der Waals surface area contributed by atoms with Gasteiger partial charge in [-0.05, 0) is 37.6 Å². The van der Waals surface area contributed by atoms with Gasteiger partial charge in [-0.15, -0.1) is 0 Å². The second kappa shape index (κ2) is 8.14. The van der Waals surface area contributed by atoms with E-state index in [0.717, 1.165) is 31.7 Å². The highest BCUT2D eigenvalue weighted by molar-refractivity contribution is 5.92. The second-order valence-electron chi connectivity index (χ2n) is 6.25. The number of aromatic carboxylic acids is 1. The van der Waals surface area contributed by atoms with Gasteiger partial charge in [0.25, 0.3) is 0 Å². The van der Waals surface area contributed by atoms with E-state index in [4.69, 9.17) is 9.47 Å². The molecule has 0 amide bonds. The van der Waals surface area contributed by atoms with Gasteiger partial charge in [-0.1, -0.05) is 0 Å². The molecule has 1 aliphatic heterocycles. The number of hydrogen-bond donors (Lipinski definition) is 1. The number of ether oxygens (including phenoxy) is 2. The van der Waals surface area contributed by atoms with Crippen molar-refractivity contribution in [2.24, 2.45) is 5.92 Å². The molecule has 26 heavy (non-hydrogen) atoms. The SMILES string of the molecule is CCOc1ccc(-c2ccnc(N3CC[C@H](COC)C3)n2)cc1C(=O)O. The van der Waals surface area contributed by atoms with E-state index in [0.29, 0.717) is 29.9 Å². The Hall–Kier alpha value is -2.67. The quantitative estimate of drug-likeness (QED) is 0.815. The lowest BCUT2D eigenvalue weighted by atomic mass is 10.1. The first kappa shape index (κ1) is 18.1. The molecule has 2 heterocycles. The summed E-state index contributed by atoms with van der Waals surface area (Å²) in [5.41, 5.74) is 1.55. The van der Waals surface area contributed by atoms with Gasteiger partial charge in [-0.3, -0.25) is 0 Å². The topological polar surface area (TPSA) is 84.8 Å². The highest BCUT2D eigenvalue weighted by Crippen LogP contribution is 2.28. The molecular formula is C19H23N3O4. The Morgan fingerprint density at radius 3 is 2.96 bits per heavy atom. The van der Waals surface area contributed by atoms with Gasteiger partial charge in [0, 0.05) is 37.9 Å². The summed E-state index contributed by atoms with van der Waals surface area (Å²) in [6, 6.07) is 6.88. The molecule has 138 valence electrons. The minimum Gasteiger partial charge on any atom is -0.493 e. The average molecular weight is 357 g/mol. The van der Waals surface area contributed by atoms with Crippen LogP contribution in [-0.4, -0.2) is 54.5 Å². The number of carboxylic acid groups (broad SMARTS) is 1. The van der Waals surface area contributed by atoms with Crippen molar-refractivity contribution in [3.05, 3.63) is 36.0 Å². The number of nitrogens with zero attached hydrogens (tertiary/aromatic N) is 3. The van der Waals surface area contributed by atoms with Crippen LogP contribution in [0.2, 0.25) is 0 Å². The predicted molar refractivity (Wildman–Crippen MR) is 97.8 cm³/mol. The van der Waals surface area contributed by atoms with Crippen LogP contribution < -0.4 is 9.64 Å². The van der Waals surface area contributed by atoms with Crippen molar-refractivity contribution in [2.75, 3.05) is 38.3 Å². The molecule has 1 aromatic carbocycles. The Labute approximate surface area is 152 Å². The molecule has 3 rings (SSSR count). The summed E-state index contributed by atoms with van der Waals surface area (Å²) in [6.45, 7) is 4.72. The standard InChI is InChI=1S/C19H23N3O4/c1-3-26-17-5-4-14(10-15(17)18(23)24)16-6-8-20-19(21-16)22-9-7-13(11-22)12-25-2/h4-6,8,10,13H,3,7,9,11-12H2,1-2H3,(H,23,24)/t13-/m0/s1. The second-order valence-corrected chi connectivity index (χ2v) is 6.25. The van der Waals surface area contributed by atoms with Crippen molar-refractivity contribution in [1.29, 1.82) is 0 Å². The predicted octanol–water partition coefficient (Wildman–Crippen LogP) is 2.71. The molecule has 7 nitrogen and oxygen atoms in total. The van der Waals surface area contributed by atoms with Gasteiger partial charge in [0.2, 0.25) is 5.95 Å². The third-order valence-corrected chi connectivity index (χ3v) is 4.42. The van der Waals surface area contributed by atoms with Crippen LogP contribution in [0, 0.1) is 5.92 Å². The van der Waals surface area contributed by atoms with Crippen molar-refractivity contribution in [3.63, 3.8) is 0 Å². The molecule has 0 radical (unpaired) electrons. The maximum atomic E-state index is 11.5. The number of anilines is 1. The van der Waals surface area contributed by atoms with Crippen LogP contribution in [0.1, 0.15) is 23.7 Å². The zero-order chi connectivity index (χ0) is 18.5. The first-order chi connectivity index (χ1) is 12.6. The molecule has 0 saturated carbocycles. The zero-order valence-corrected chi connectivity index (χ0v) is 15.0. The van der Waals surface area contributed by atoms with E-state index in [-0.39, 0.29) is 5.56 Å². The normalized spacial score (nSPS) is 16.7. The number of hydrogen-bond acceptors (Lipinski definition) is 6. The lowest BCUT2D eigenvalue weighted by molar-refractivity contribution is 0.0692. The van der Waals surface area contributed by atoms with Crippen molar-refractivity contribution in [1.82, 2.24) is 9.97 Å². The summed E-state index contributed by atoms with van der Waals surface area (Å²) in [5.74, 6) is 0.481. The van der Waals surface area contributed by atoms with E-state index >= 15 is 0 Å². The van der Waals surface area contributed by atoms with Gasteiger partial charge in [-0.25, -0.2) is 14.8 Å². The Bertz CT molecular complexity index is 781. The lowest BCUT2D eigenvalue weighted by Crippen LogP contribution is -2.23. The van der Waals surface area contributed by atoms with Crippen LogP contribution >= 0.6 is 0 Å². The van der Waals surface area contributed by atoms with Crippen molar-refractivity contribution >= 4 is 11.9 Å². The summed E-state index contributed by atoms with van der Waals surface area (Å²) in [5, 5.41) is 9.44. The zero-order valence-electron chi connectivity index (χ0n) is 15.0. The van der Waals surface area contributed by atoms with Crippen LogP contribution in [0.4, 0.5) is 5.95 Å². The number of benzene rings is 1. The van der Waals surface area contributed by atoms with Gasteiger partial charge in [0.15, 0.2) is 0 Å². The number of methoxy groups -OCH3 is 1. The van der Waals surface area contributed by atoms with E-state index in [9.17, 15) is 9.90 Å². The molecule has 1 N–H and O–H groups in total. The fraction of sp³-hybridized carbons (Fsp3) is 0.421. The molecule has 0 bridgehead atoms. The molecule has 0 aliphatic carbocycles. The third kappa shape index (κ3) is 3.94. The minimum absolute atomic E-state index is 0.130. The van der Waals surface area contributed by atoms with E-state index < -0.39 is 5.97 Å². The van der Waals surface area contributed by atoms with Crippen LogP contribution in [0.25, 0.3) is 11.3 Å². The third-order valence-electron chi connectivity index (χ3n) is 4.42. The Morgan fingerprint density at radius 1 is 1.38 bits per heavy atom. The smallest absolute Gasteiger partial charge is 0.339 e. The van der Waals surface area contributed by atoms with Gasteiger partial charge in [0.05, 0.1) is 18.9 Å². The van der Waals surface area contributed by atoms with Crippen molar-refractivity contribution in [3.8, 4) is 17.0 Å². The summed E-state index contributed by atoms with van der Waals surface area (Å²) >= 11 is 0. The summed E-state index contributed by atoms with van der Waals surface area (Å²) < 4.78 is 10.6. The number of aromatic nitrogens is 2. The maximum Gasteiger partial charge on any atom is 0.339 e. The summed E-state index contributed by atoms with van der Waals surface area (Å²) in [6.07, 6.45) is 2.76. The van der Waals surface area contributed by atoms with Gasteiger partial charge in [0.1, 0.15) is 11.3 Å². The molecule has 1 saturated heterocycles. The molecule has 1 aliphatic rings. The molecule has 0 spiro atoms. The fourth-order valence-electron chi connectivity index (χ4n) is 3.19.